The minimum Gasteiger partial charge on any atom is -0.387 e. The number of alkyl halides is 2. The fourth-order valence-corrected chi connectivity index (χ4v) is 1.51. The van der Waals surface area contributed by atoms with Gasteiger partial charge in [0, 0.05) is 6.42 Å². The maximum atomic E-state index is 11.3. The van der Waals surface area contributed by atoms with Crippen molar-refractivity contribution >= 4 is 34.9 Å². The van der Waals surface area contributed by atoms with Gasteiger partial charge >= 0.3 is 0 Å². The summed E-state index contributed by atoms with van der Waals surface area (Å²) in [5, 5.41) is 0. The Bertz CT molecular complexity index is 251. The van der Waals surface area contributed by atoms with Crippen molar-refractivity contribution in [3.05, 3.63) is 0 Å². The minimum atomic E-state index is -0.896. The molecule has 5 heteroatoms. The van der Waals surface area contributed by atoms with Gasteiger partial charge in [-0.15, -0.1) is 23.2 Å². The van der Waals surface area contributed by atoms with E-state index < -0.39 is 4.33 Å². The van der Waals surface area contributed by atoms with E-state index in [4.69, 9.17) is 28.9 Å². The molecule has 1 fully saturated rings. The fourth-order valence-electron chi connectivity index (χ4n) is 1.01. The van der Waals surface area contributed by atoms with E-state index >= 15 is 0 Å². The highest BCUT2D eigenvalue weighted by molar-refractivity contribution is 6.52. The Kier molecular flexibility index (Phi) is 3.19. The highest BCUT2D eigenvalue weighted by Gasteiger charge is 2.56. The largest absolute Gasteiger partial charge is 0.387 e. The van der Waals surface area contributed by atoms with E-state index in [1.54, 1.807) is 0 Å². The molecule has 13 heavy (non-hydrogen) atoms. The zero-order valence-corrected chi connectivity index (χ0v) is 8.90. The molecular formula is C8H12Cl2N2O. The molecule has 0 aliphatic heterocycles. The molecule has 1 unspecified atom stereocenters. The summed E-state index contributed by atoms with van der Waals surface area (Å²) in [7, 11) is 0. The molecule has 0 heterocycles. The molecule has 0 spiro atoms. The number of carbonyl (C=O) groups excluding carboxylic acids is 1. The van der Waals surface area contributed by atoms with Gasteiger partial charge in [0.2, 0.25) is 0 Å². The predicted molar refractivity (Wildman–Crippen MR) is 54.1 cm³/mol. The first-order valence-corrected chi connectivity index (χ1v) is 4.97. The first-order valence-electron chi connectivity index (χ1n) is 4.22. The number of rotatable bonds is 3. The third-order valence-electron chi connectivity index (χ3n) is 1.88. The fraction of sp³-hybridized carbons (Fsp3) is 0.750. The van der Waals surface area contributed by atoms with Gasteiger partial charge in [-0.25, -0.2) is 4.99 Å². The molecular weight excluding hydrogens is 211 g/mol. The van der Waals surface area contributed by atoms with Crippen LogP contribution in [-0.2, 0) is 4.79 Å². The maximum Gasteiger partial charge on any atom is 0.253 e. The zero-order chi connectivity index (χ0) is 10.1. The standard InChI is InChI=1S/C8H12Cl2N2O/c1-2-3-6(11)12-7(13)5-4-8(5,9)10/h5H,2-4H2,1H3,(H2,11,12,13). The second-order valence-electron chi connectivity index (χ2n) is 3.21. The van der Waals surface area contributed by atoms with Gasteiger partial charge in [0.15, 0.2) is 0 Å². The van der Waals surface area contributed by atoms with Gasteiger partial charge in [-0.2, -0.15) is 0 Å². The summed E-state index contributed by atoms with van der Waals surface area (Å²) in [5.41, 5.74) is 5.48. The molecule has 1 saturated carbocycles. The summed E-state index contributed by atoms with van der Waals surface area (Å²) in [4.78, 5) is 15.0. The van der Waals surface area contributed by atoms with Crippen LogP contribution in [0.5, 0.6) is 0 Å². The summed E-state index contributed by atoms with van der Waals surface area (Å²) >= 11 is 11.4. The Morgan fingerprint density at radius 1 is 1.69 bits per heavy atom. The number of nitrogens with two attached hydrogens (primary N) is 1. The summed E-state index contributed by atoms with van der Waals surface area (Å²) < 4.78 is -0.896. The topological polar surface area (TPSA) is 55.4 Å². The first-order chi connectivity index (χ1) is 5.97. The average molecular weight is 223 g/mol. The van der Waals surface area contributed by atoms with E-state index in [0.29, 0.717) is 18.7 Å². The number of halogens is 2. The van der Waals surface area contributed by atoms with Crippen molar-refractivity contribution in [3.8, 4) is 0 Å². The monoisotopic (exact) mass is 222 g/mol. The lowest BCUT2D eigenvalue weighted by atomic mass is 10.3. The number of hydrogen-bond donors (Lipinski definition) is 1. The van der Waals surface area contributed by atoms with Gasteiger partial charge in [-0.1, -0.05) is 6.92 Å². The molecule has 3 nitrogen and oxygen atoms in total. The second kappa shape index (κ2) is 3.84. The second-order valence-corrected chi connectivity index (χ2v) is 4.75. The van der Waals surface area contributed by atoms with Crippen LogP contribution < -0.4 is 5.73 Å². The molecule has 1 rings (SSSR count). The van der Waals surface area contributed by atoms with Crippen LogP contribution in [-0.4, -0.2) is 16.1 Å². The Hall–Kier alpha value is -0.280. The Balaban J connectivity index is 2.47. The van der Waals surface area contributed by atoms with Crippen molar-refractivity contribution in [1.29, 1.82) is 0 Å². The van der Waals surface area contributed by atoms with Gasteiger partial charge in [-0.05, 0) is 12.8 Å². The number of amidine groups is 1. The molecule has 0 aromatic carbocycles. The summed E-state index contributed by atoms with van der Waals surface area (Å²) in [6.45, 7) is 1.97. The SMILES string of the molecule is CCCC(N)=NC(=O)C1CC1(Cl)Cl. The average Bonchev–Trinajstić information content (AvgIpc) is 2.60. The van der Waals surface area contributed by atoms with Gasteiger partial charge in [0.25, 0.3) is 5.91 Å². The number of nitrogens with zero attached hydrogens (tertiary/aromatic N) is 1. The molecule has 1 atom stereocenters. The lowest BCUT2D eigenvalue weighted by Gasteiger charge is -1.97. The van der Waals surface area contributed by atoms with E-state index in [1.807, 2.05) is 6.92 Å². The van der Waals surface area contributed by atoms with Crippen molar-refractivity contribution in [3.63, 3.8) is 0 Å². The summed E-state index contributed by atoms with van der Waals surface area (Å²) in [6, 6.07) is 0. The molecule has 0 bridgehead atoms. The van der Waals surface area contributed by atoms with Crippen molar-refractivity contribution in [2.75, 3.05) is 0 Å². The van der Waals surface area contributed by atoms with E-state index in [-0.39, 0.29) is 11.8 Å². The Labute approximate surface area is 87.3 Å². The van der Waals surface area contributed by atoms with Crippen LogP contribution in [0.2, 0.25) is 0 Å². The molecule has 1 aliphatic carbocycles. The number of amides is 1. The smallest absolute Gasteiger partial charge is 0.253 e. The molecule has 0 saturated heterocycles. The quantitative estimate of drug-likeness (QED) is 0.451. The van der Waals surface area contributed by atoms with E-state index in [9.17, 15) is 4.79 Å². The molecule has 0 aromatic heterocycles. The molecule has 2 N–H and O–H groups in total. The van der Waals surface area contributed by atoms with Crippen LogP contribution in [0.1, 0.15) is 26.2 Å². The molecule has 1 aliphatic rings. The molecule has 1 amide bonds. The highest BCUT2D eigenvalue weighted by atomic mass is 35.5. The van der Waals surface area contributed by atoms with Crippen LogP contribution in [0.3, 0.4) is 0 Å². The van der Waals surface area contributed by atoms with Crippen LogP contribution in [0.15, 0.2) is 4.99 Å². The normalized spacial score (nSPS) is 25.8. The van der Waals surface area contributed by atoms with Crippen LogP contribution in [0.25, 0.3) is 0 Å². The van der Waals surface area contributed by atoms with Crippen molar-refractivity contribution < 1.29 is 4.79 Å². The van der Waals surface area contributed by atoms with Crippen molar-refractivity contribution in [2.24, 2.45) is 16.6 Å². The van der Waals surface area contributed by atoms with Gasteiger partial charge < -0.3 is 5.73 Å². The van der Waals surface area contributed by atoms with E-state index in [2.05, 4.69) is 4.99 Å². The summed E-state index contributed by atoms with van der Waals surface area (Å²) in [6.07, 6.45) is 1.99. The van der Waals surface area contributed by atoms with Crippen LogP contribution in [0, 0.1) is 5.92 Å². The van der Waals surface area contributed by atoms with Crippen LogP contribution >= 0.6 is 23.2 Å². The number of carbonyl (C=O) groups is 1. The molecule has 74 valence electrons. The molecule has 0 aromatic rings. The lowest BCUT2D eigenvalue weighted by Crippen LogP contribution is -2.15. The Morgan fingerprint density at radius 3 is 2.62 bits per heavy atom. The van der Waals surface area contributed by atoms with Crippen LogP contribution in [0.4, 0.5) is 0 Å². The number of hydrogen-bond acceptors (Lipinski definition) is 1. The first kappa shape index (κ1) is 10.8. The van der Waals surface area contributed by atoms with Crippen molar-refractivity contribution in [1.82, 2.24) is 0 Å². The van der Waals surface area contributed by atoms with E-state index in [1.165, 1.54) is 0 Å². The maximum absolute atomic E-state index is 11.3. The van der Waals surface area contributed by atoms with Crippen molar-refractivity contribution in [2.45, 2.75) is 30.5 Å². The number of aliphatic imine (C=N–C) groups is 1. The Morgan fingerprint density at radius 2 is 2.23 bits per heavy atom. The highest BCUT2D eigenvalue weighted by Crippen LogP contribution is 2.53. The lowest BCUT2D eigenvalue weighted by molar-refractivity contribution is -0.118. The van der Waals surface area contributed by atoms with Gasteiger partial charge in [0.1, 0.15) is 10.2 Å². The molecule has 0 radical (unpaired) electrons. The van der Waals surface area contributed by atoms with E-state index in [0.717, 1.165) is 6.42 Å². The summed E-state index contributed by atoms with van der Waals surface area (Å²) in [5.74, 6) is -0.286. The predicted octanol–water partition coefficient (Wildman–Crippen LogP) is 1.86. The third kappa shape index (κ3) is 2.85. The van der Waals surface area contributed by atoms with Gasteiger partial charge in [-0.3, -0.25) is 4.79 Å². The third-order valence-corrected chi connectivity index (χ3v) is 2.72. The minimum absolute atomic E-state index is 0.295. The zero-order valence-electron chi connectivity index (χ0n) is 7.39. The van der Waals surface area contributed by atoms with Gasteiger partial charge in [0.05, 0.1) is 5.92 Å².